The van der Waals surface area contributed by atoms with Crippen molar-refractivity contribution >= 4 is 10.3 Å². The van der Waals surface area contributed by atoms with Crippen LogP contribution in [0.25, 0.3) is 0 Å². The molecule has 0 aliphatic rings. The molecule has 0 amide bonds. The molecule has 1 aromatic rings. The zero-order chi connectivity index (χ0) is 7.78. The number of nitrogens with zero attached hydrogens (tertiary/aromatic N) is 1. The van der Waals surface area contributed by atoms with Crippen LogP contribution in [-0.2, 0) is 10.3 Å². The second kappa shape index (κ2) is 3.55. The van der Waals surface area contributed by atoms with Gasteiger partial charge in [0.1, 0.15) is 0 Å². The Morgan fingerprint density at radius 1 is 1.55 bits per heavy atom. The molecule has 1 aromatic heterocycles. The second-order valence-electron chi connectivity index (χ2n) is 1.54. The fourth-order valence-electron chi connectivity index (χ4n) is 0.488. The third-order valence-corrected chi connectivity index (χ3v) is 1.60. The van der Waals surface area contributed by atoms with Gasteiger partial charge >= 0.3 is 39.9 Å². The quantitative estimate of drug-likeness (QED) is 0.344. The Morgan fingerprint density at radius 3 is 2.27 bits per heavy atom. The molecule has 2 N–H and O–H groups in total. The van der Waals surface area contributed by atoms with Crippen LogP contribution in [0.1, 0.15) is 0 Å². The monoisotopic (exact) mass is 187 g/mol. The summed E-state index contributed by atoms with van der Waals surface area (Å²) in [6, 6.07) is 0.980. The molecular weight excluding hydrogens is 183 g/mol. The molecule has 0 fully saturated rings. The molecule has 0 saturated heterocycles. The van der Waals surface area contributed by atoms with Crippen LogP contribution >= 0.6 is 0 Å². The van der Waals surface area contributed by atoms with E-state index < -0.39 is 15.9 Å². The minimum atomic E-state index is -4.44. The van der Waals surface area contributed by atoms with Crippen molar-refractivity contribution in [1.82, 2.24) is 9.19 Å². The van der Waals surface area contributed by atoms with Gasteiger partial charge in [0.05, 0.1) is 0 Å². The van der Waals surface area contributed by atoms with E-state index in [4.69, 9.17) is 4.55 Å². The Bertz CT molecular complexity index is 376. The van der Waals surface area contributed by atoms with Crippen molar-refractivity contribution in [2.75, 3.05) is 0 Å². The fourth-order valence-corrected chi connectivity index (χ4v) is 0.970. The Morgan fingerprint density at radius 2 is 2.09 bits per heavy atom. The number of nitrogens with one attached hydrogen (secondary N) is 1. The summed E-state index contributed by atoms with van der Waals surface area (Å²) in [5.74, 6) is 0. The molecule has 0 spiro atoms. The predicted molar refractivity (Wildman–Crippen MR) is 32.0 cm³/mol. The average molecular weight is 187 g/mol. The van der Waals surface area contributed by atoms with E-state index in [2.05, 4.69) is 0 Å². The minimum absolute atomic E-state index is 0. The van der Waals surface area contributed by atoms with E-state index in [1.54, 1.807) is 0 Å². The van der Waals surface area contributed by atoms with Crippen LogP contribution < -0.4 is 35.1 Å². The molecule has 8 heteroatoms. The maximum Gasteiger partial charge on any atom is 1.00 e. The minimum Gasteiger partial charge on any atom is -0.287 e. The number of hydrogen-bond acceptors (Lipinski definition) is 3. The normalized spacial score (nSPS) is 10.6. The van der Waals surface area contributed by atoms with E-state index in [-0.39, 0.29) is 33.6 Å². The molecule has 0 radical (unpaired) electrons. The number of rotatable bonds is 1. The number of aromatic amines is 1. The first-order valence-electron chi connectivity index (χ1n) is 2.26. The first kappa shape index (κ1) is 10.9. The molecule has 0 unspecified atom stereocenters. The smallest absolute Gasteiger partial charge is 0.287 e. The van der Waals surface area contributed by atoms with Gasteiger partial charge in [-0.25, -0.2) is 0 Å². The van der Waals surface area contributed by atoms with Crippen molar-refractivity contribution in [1.29, 1.82) is 0 Å². The van der Waals surface area contributed by atoms with E-state index in [9.17, 15) is 13.2 Å². The van der Waals surface area contributed by atoms with Gasteiger partial charge in [0.2, 0.25) is 0 Å². The summed E-state index contributed by atoms with van der Waals surface area (Å²) in [6.45, 7) is 0. The van der Waals surface area contributed by atoms with Gasteiger partial charge in [-0.3, -0.25) is 14.4 Å². The fraction of sp³-hybridized carbons (Fsp3) is 0. The van der Waals surface area contributed by atoms with Crippen molar-refractivity contribution in [2.24, 2.45) is 0 Å². The van der Waals surface area contributed by atoms with Gasteiger partial charge in [0.25, 0.3) is 5.56 Å². The molecule has 0 bridgehead atoms. The third-order valence-electron chi connectivity index (χ3n) is 0.849. The Labute approximate surface area is 84.4 Å². The van der Waals surface area contributed by atoms with E-state index in [1.807, 2.05) is 5.10 Å². The second-order valence-corrected chi connectivity index (χ2v) is 2.80. The molecular formula is C3H4N2NaO4S+. The van der Waals surface area contributed by atoms with Crippen molar-refractivity contribution < 1.29 is 42.5 Å². The summed E-state index contributed by atoms with van der Waals surface area (Å²) in [5, 5.41) is 2.01. The van der Waals surface area contributed by atoms with Crippen LogP contribution in [0.5, 0.6) is 0 Å². The van der Waals surface area contributed by atoms with Gasteiger partial charge in [0, 0.05) is 12.3 Å². The summed E-state index contributed by atoms with van der Waals surface area (Å²) in [6.07, 6.45) is 1.11. The van der Waals surface area contributed by atoms with Gasteiger partial charge in [-0.05, 0) is 0 Å². The van der Waals surface area contributed by atoms with Crippen LogP contribution in [0.15, 0.2) is 17.1 Å². The molecule has 56 valence electrons. The maximum atomic E-state index is 10.5. The van der Waals surface area contributed by atoms with Crippen molar-refractivity contribution in [3.63, 3.8) is 0 Å². The molecule has 0 aromatic carbocycles. The van der Waals surface area contributed by atoms with Crippen LogP contribution in [0, 0.1) is 0 Å². The van der Waals surface area contributed by atoms with E-state index in [0.29, 0.717) is 0 Å². The molecule has 11 heavy (non-hydrogen) atoms. The van der Waals surface area contributed by atoms with E-state index in [0.717, 1.165) is 12.3 Å². The van der Waals surface area contributed by atoms with Gasteiger partial charge < -0.3 is 0 Å². The van der Waals surface area contributed by atoms with Crippen molar-refractivity contribution in [3.8, 4) is 0 Å². The number of hydrogen-bond donors (Lipinski definition) is 2. The van der Waals surface area contributed by atoms with E-state index >= 15 is 0 Å². The molecule has 0 aliphatic heterocycles. The average Bonchev–Trinajstić information content (AvgIpc) is 2.11. The number of H-pyrrole nitrogens is 1. The topological polar surface area (TPSA) is 92.2 Å². The van der Waals surface area contributed by atoms with Crippen LogP contribution in [0.3, 0.4) is 0 Å². The molecule has 0 saturated carbocycles. The van der Waals surface area contributed by atoms with Crippen LogP contribution in [-0.4, -0.2) is 22.2 Å². The van der Waals surface area contributed by atoms with Crippen molar-refractivity contribution in [2.45, 2.75) is 0 Å². The van der Waals surface area contributed by atoms with Gasteiger partial charge in [-0.1, -0.05) is 0 Å². The van der Waals surface area contributed by atoms with Crippen LogP contribution in [0.4, 0.5) is 0 Å². The summed E-state index contributed by atoms with van der Waals surface area (Å²) >= 11 is 0. The zero-order valence-electron chi connectivity index (χ0n) is 5.68. The van der Waals surface area contributed by atoms with Gasteiger partial charge in [0.15, 0.2) is 0 Å². The summed E-state index contributed by atoms with van der Waals surface area (Å²) in [4.78, 5) is 10.5. The molecule has 1 rings (SSSR count). The molecule has 6 nitrogen and oxygen atoms in total. The maximum absolute atomic E-state index is 10.5. The molecule has 1 heterocycles. The standard InChI is InChI=1S/C3H4N2O4S.Na/c6-3-1-2-4-5(3)10(7,8)9;/h1-2,4H,(H,7,8,9);/q;+1. The summed E-state index contributed by atoms with van der Waals surface area (Å²) in [7, 11) is -4.44. The van der Waals surface area contributed by atoms with Gasteiger partial charge in [-0.2, -0.15) is 8.42 Å². The zero-order valence-corrected chi connectivity index (χ0v) is 8.50. The third kappa shape index (κ3) is 2.46. The van der Waals surface area contributed by atoms with Crippen molar-refractivity contribution in [3.05, 3.63) is 22.6 Å². The molecule has 0 atom stereocenters. The predicted octanol–water partition coefficient (Wildman–Crippen LogP) is -4.17. The Kier molecular flexibility index (Phi) is 3.52. The summed E-state index contributed by atoms with van der Waals surface area (Å²) < 4.78 is 28.8. The SMILES string of the molecule is O=c1cc[nH]n1S(=O)(=O)O.[Na+]. The first-order valence-corrected chi connectivity index (χ1v) is 3.66. The van der Waals surface area contributed by atoms with E-state index in [1.165, 1.54) is 0 Å². The largest absolute Gasteiger partial charge is 1.00 e. The van der Waals surface area contributed by atoms with Crippen LogP contribution in [0.2, 0.25) is 0 Å². The Balaban J connectivity index is 0.000001000. The molecule has 0 aliphatic carbocycles. The Hall–Kier alpha value is -0.0800. The number of aromatic nitrogens is 2. The summed E-state index contributed by atoms with van der Waals surface area (Å²) in [5.41, 5.74) is -0.817. The van der Waals surface area contributed by atoms with Gasteiger partial charge in [-0.15, -0.1) is 4.09 Å². The first-order chi connectivity index (χ1) is 4.52.